The van der Waals surface area contributed by atoms with Crippen LogP contribution in [0.25, 0.3) is 0 Å². The van der Waals surface area contributed by atoms with Crippen LogP contribution in [0.4, 0.5) is 8.78 Å². The lowest BCUT2D eigenvalue weighted by atomic mass is 9.92. The standard InChI is InChI=1S/C15H20F2N2/c16-13-6-1-9(7-14(13)17)12-8-15(12)19-11-4-2-10(18)3-5-11/h1,6-7,10-12,15,19H,2-5,8,18H2/t10?,11?,12-,15-/m1/s1. The van der Waals surface area contributed by atoms with Crippen LogP contribution >= 0.6 is 0 Å². The highest BCUT2D eigenvalue weighted by molar-refractivity contribution is 5.29. The van der Waals surface area contributed by atoms with Crippen LogP contribution in [0.3, 0.4) is 0 Å². The van der Waals surface area contributed by atoms with E-state index in [1.807, 2.05) is 0 Å². The van der Waals surface area contributed by atoms with Gasteiger partial charge in [0.1, 0.15) is 0 Å². The van der Waals surface area contributed by atoms with Crippen LogP contribution in [0.1, 0.15) is 43.6 Å². The van der Waals surface area contributed by atoms with E-state index >= 15 is 0 Å². The summed E-state index contributed by atoms with van der Waals surface area (Å²) in [6, 6.07) is 5.57. The van der Waals surface area contributed by atoms with E-state index in [2.05, 4.69) is 5.32 Å². The van der Waals surface area contributed by atoms with E-state index in [-0.39, 0.29) is 0 Å². The second kappa shape index (κ2) is 5.17. The molecule has 2 fully saturated rings. The number of halogens is 2. The van der Waals surface area contributed by atoms with Crippen molar-refractivity contribution in [1.82, 2.24) is 5.32 Å². The zero-order valence-corrected chi connectivity index (χ0v) is 10.9. The Kier molecular flexibility index (Phi) is 3.54. The highest BCUT2D eigenvalue weighted by Gasteiger charge is 2.40. The van der Waals surface area contributed by atoms with Crippen LogP contribution in [0.15, 0.2) is 18.2 Å². The third-order valence-electron chi connectivity index (χ3n) is 4.38. The molecule has 0 amide bonds. The molecule has 2 aliphatic carbocycles. The number of hydrogen-bond donors (Lipinski definition) is 2. The quantitative estimate of drug-likeness (QED) is 0.882. The van der Waals surface area contributed by atoms with Gasteiger partial charge in [-0.3, -0.25) is 0 Å². The predicted molar refractivity (Wildman–Crippen MR) is 70.9 cm³/mol. The molecule has 19 heavy (non-hydrogen) atoms. The van der Waals surface area contributed by atoms with Gasteiger partial charge >= 0.3 is 0 Å². The fourth-order valence-electron chi connectivity index (χ4n) is 3.08. The minimum atomic E-state index is -0.768. The first-order valence-corrected chi connectivity index (χ1v) is 7.10. The molecule has 0 spiro atoms. The Morgan fingerprint density at radius 2 is 1.79 bits per heavy atom. The summed E-state index contributed by atoms with van der Waals surface area (Å²) in [5, 5.41) is 3.62. The molecule has 0 unspecified atom stereocenters. The van der Waals surface area contributed by atoms with Gasteiger partial charge in [-0.25, -0.2) is 8.78 Å². The van der Waals surface area contributed by atoms with E-state index in [1.165, 1.54) is 12.1 Å². The number of rotatable bonds is 3. The molecule has 1 aromatic rings. The summed E-state index contributed by atoms with van der Waals surface area (Å²) in [4.78, 5) is 0. The molecule has 0 aliphatic heterocycles. The number of benzene rings is 1. The zero-order chi connectivity index (χ0) is 13.4. The largest absolute Gasteiger partial charge is 0.328 e. The zero-order valence-electron chi connectivity index (χ0n) is 10.9. The average Bonchev–Trinajstić information content (AvgIpc) is 3.15. The molecule has 2 atom stereocenters. The van der Waals surface area contributed by atoms with Crippen molar-refractivity contribution in [2.24, 2.45) is 5.73 Å². The Hall–Kier alpha value is -1.00. The summed E-state index contributed by atoms with van der Waals surface area (Å²) >= 11 is 0. The van der Waals surface area contributed by atoms with Gasteiger partial charge in [-0.1, -0.05) is 6.07 Å². The second-order valence-corrected chi connectivity index (χ2v) is 5.90. The van der Waals surface area contributed by atoms with Gasteiger partial charge in [0.25, 0.3) is 0 Å². The van der Waals surface area contributed by atoms with Gasteiger partial charge in [-0.2, -0.15) is 0 Å². The monoisotopic (exact) mass is 266 g/mol. The first-order valence-electron chi connectivity index (χ1n) is 7.10. The van der Waals surface area contributed by atoms with Crippen LogP contribution in [0, 0.1) is 11.6 Å². The van der Waals surface area contributed by atoms with Gasteiger partial charge in [-0.05, 0) is 49.8 Å². The van der Waals surface area contributed by atoms with Crippen molar-refractivity contribution in [3.63, 3.8) is 0 Å². The Balaban J connectivity index is 1.54. The number of nitrogens with two attached hydrogens (primary N) is 1. The summed E-state index contributed by atoms with van der Waals surface area (Å²) in [7, 11) is 0. The van der Waals surface area contributed by atoms with Gasteiger partial charge in [-0.15, -0.1) is 0 Å². The highest BCUT2D eigenvalue weighted by Crippen LogP contribution is 2.42. The molecule has 3 N–H and O–H groups in total. The molecule has 3 rings (SSSR count). The SMILES string of the molecule is NC1CCC(N[C@@H]2C[C@@H]2c2ccc(F)c(F)c2)CC1. The van der Waals surface area contributed by atoms with Crippen molar-refractivity contribution in [2.45, 2.75) is 56.1 Å². The van der Waals surface area contributed by atoms with Gasteiger partial charge in [0, 0.05) is 24.0 Å². The first-order chi connectivity index (χ1) is 9.13. The molecule has 2 aliphatic rings. The molecule has 104 valence electrons. The predicted octanol–water partition coefficient (Wildman–Crippen LogP) is 2.68. The lowest BCUT2D eigenvalue weighted by molar-refractivity contribution is 0.339. The van der Waals surface area contributed by atoms with E-state index in [0.717, 1.165) is 37.7 Å². The Bertz CT molecular complexity index is 455. The number of hydrogen-bond acceptors (Lipinski definition) is 2. The maximum Gasteiger partial charge on any atom is 0.159 e. The maximum absolute atomic E-state index is 13.2. The Morgan fingerprint density at radius 3 is 2.47 bits per heavy atom. The van der Waals surface area contributed by atoms with Crippen molar-refractivity contribution in [3.8, 4) is 0 Å². The molecule has 0 aromatic heterocycles. The lowest BCUT2D eigenvalue weighted by Gasteiger charge is -2.27. The summed E-state index contributed by atoms with van der Waals surface area (Å²) in [5.41, 5.74) is 6.79. The van der Waals surface area contributed by atoms with E-state index < -0.39 is 11.6 Å². The van der Waals surface area contributed by atoms with Crippen LogP contribution in [-0.4, -0.2) is 18.1 Å². The fourth-order valence-corrected chi connectivity index (χ4v) is 3.08. The summed E-state index contributed by atoms with van der Waals surface area (Å²) in [5.74, 6) is -1.17. The van der Waals surface area contributed by atoms with Crippen LogP contribution in [-0.2, 0) is 0 Å². The number of nitrogens with one attached hydrogen (secondary N) is 1. The van der Waals surface area contributed by atoms with Crippen LogP contribution < -0.4 is 11.1 Å². The summed E-state index contributed by atoms with van der Waals surface area (Å²) in [6.45, 7) is 0. The molecule has 2 nitrogen and oxygen atoms in total. The second-order valence-electron chi connectivity index (χ2n) is 5.90. The molecule has 0 saturated heterocycles. The molecule has 2 saturated carbocycles. The third kappa shape index (κ3) is 2.95. The topological polar surface area (TPSA) is 38.0 Å². The molecule has 0 bridgehead atoms. The molecule has 0 radical (unpaired) electrons. The van der Waals surface area contributed by atoms with Crippen molar-refractivity contribution < 1.29 is 8.78 Å². The Labute approximate surface area is 112 Å². The van der Waals surface area contributed by atoms with E-state index in [0.29, 0.717) is 24.0 Å². The molecule has 4 heteroatoms. The average molecular weight is 266 g/mol. The van der Waals surface area contributed by atoms with E-state index in [9.17, 15) is 8.78 Å². The molecule has 0 heterocycles. The lowest BCUT2D eigenvalue weighted by Crippen LogP contribution is -2.38. The van der Waals surface area contributed by atoms with Crippen LogP contribution in [0.2, 0.25) is 0 Å². The normalized spacial score (nSPS) is 34.3. The smallest absolute Gasteiger partial charge is 0.159 e. The van der Waals surface area contributed by atoms with Gasteiger partial charge in [0.2, 0.25) is 0 Å². The van der Waals surface area contributed by atoms with Gasteiger partial charge in [0.15, 0.2) is 11.6 Å². The highest BCUT2D eigenvalue weighted by atomic mass is 19.2. The third-order valence-corrected chi connectivity index (χ3v) is 4.38. The van der Waals surface area contributed by atoms with E-state index in [4.69, 9.17) is 5.73 Å². The minimum Gasteiger partial charge on any atom is -0.328 e. The van der Waals surface area contributed by atoms with Gasteiger partial charge in [0.05, 0.1) is 0 Å². The fraction of sp³-hybridized carbons (Fsp3) is 0.600. The first kappa shape index (κ1) is 13.0. The van der Waals surface area contributed by atoms with Crippen molar-refractivity contribution >= 4 is 0 Å². The molecular weight excluding hydrogens is 246 g/mol. The molecule has 1 aromatic carbocycles. The van der Waals surface area contributed by atoms with Crippen LogP contribution in [0.5, 0.6) is 0 Å². The van der Waals surface area contributed by atoms with Crippen molar-refractivity contribution in [3.05, 3.63) is 35.4 Å². The van der Waals surface area contributed by atoms with Crippen molar-refractivity contribution in [2.75, 3.05) is 0 Å². The summed E-state index contributed by atoms with van der Waals surface area (Å²) in [6.07, 6.45) is 5.44. The summed E-state index contributed by atoms with van der Waals surface area (Å²) < 4.78 is 26.1. The maximum atomic E-state index is 13.2. The van der Waals surface area contributed by atoms with Crippen molar-refractivity contribution in [1.29, 1.82) is 0 Å². The Morgan fingerprint density at radius 1 is 1.05 bits per heavy atom. The van der Waals surface area contributed by atoms with Gasteiger partial charge < -0.3 is 11.1 Å². The molecular formula is C15H20F2N2. The minimum absolute atomic E-state index is 0.339. The van der Waals surface area contributed by atoms with E-state index in [1.54, 1.807) is 6.07 Å².